The van der Waals surface area contributed by atoms with Crippen molar-refractivity contribution in [1.82, 2.24) is 14.3 Å². The smallest absolute Gasteiger partial charge is 0.269 e. The molecule has 26 heavy (non-hydrogen) atoms. The number of aryl methyl sites for hydroxylation is 1. The molecule has 0 radical (unpaired) electrons. The van der Waals surface area contributed by atoms with Crippen LogP contribution >= 0.6 is 0 Å². The first-order valence-electron chi connectivity index (χ1n) is 8.87. The Labute approximate surface area is 153 Å². The van der Waals surface area contributed by atoms with Gasteiger partial charge in [0.15, 0.2) is 0 Å². The number of nitrogens with zero attached hydrogens (tertiary/aromatic N) is 3. The highest BCUT2D eigenvalue weighted by Crippen LogP contribution is 2.28. The molecule has 0 atom stereocenters. The summed E-state index contributed by atoms with van der Waals surface area (Å²) in [6.07, 6.45) is 2.29. The molecule has 1 saturated heterocycles. The van der Waals surface area contributed by atoms with Crippen LogP contribution in [0.5, 0.6) is 0 Å². The summed E-state index contributed by atoms with van der Waals surface area (Å²) < 4.78 is 27.5. The molecule has 4 rings (SSSR count). The van der Waals surface area contributed by atoms with Gasteiger partial charge in [-0.15, -0.1) is 0 Å². The van der Waals surface area contributed by atoms with E-state index in [9.17, 15) is 8.42 Å². The van der Waals surface area contributed by atoms with Crippen LogP contribution in [-0.4, -0.2) is 43.6 Å². The third-order valence-electron chi connectivity index (χ3n) is 4.87. The Bertz CT molecular complexity index is 1020. The average Bonchev–Trinajstić information content (AvgIpc) is 3.14. The maximum Gasteiger partial charge on any atom is 0.269 e. The predicted molar refractivity (Wildman–Crippen MR) is 103 cm³/mol. The molecular formula is C19H22N4O2S. The summed E-state index contributed by atoms with van der Waals surface area (Å²) in [5.74, 6) is 0. The number of fused-ring (bicyclic) bond motifs is 1. The highest BCUT2D eigenvalue weighted by molar-refractivity contribution is 7.90. The van der Waals surface area contributed by atoms with Crippen LogP contribution in [0, 0.1) is 0 Å². The average molecular weight is 370 g/mol. The fourth-order valence-electron chi connectivity index (χ4n) is 3.37. The quantitative estimate of drug-likeness (QED) is 0.763. The molecule has 0 amide bonds. The standard InChI is InChI=1S/C19H22N4O2S/c1-2-15-6-8-16(9-7-15)26(24,25)23-14-21-19-17(4-3-5-18(19)23)22-12-10-20-11-13-22/h3-9,14,20H,2,10-13H2,1H3. The topological polar surface area (TPSA) is 67.2 Å². The van der Waals surface area contributed by atoms with Crippen LogP contribution in [0.25, 0.3) is 11.0 Å². The molecule has 0 saturated carbocycles. The minimum Gasteiger partial charge on any atom is -0.367 e. The van der Waals surface area contributed by atoms with Gasteiger partial charge in [0.25, 0.3) is 10.0 Å². The molecule has 0 spiro atoms. The zero-order valence-corrected chi connectivity index (χ0v) is 15.5. The molecule has 0 aliphatic carbocycles. The van der Waals surface area contributed by atoms with Crippen molar-refractivity contribution in [2.24, 2.45) is 0 Å². The molecule has 7 heteroatoms. The van der Waals surface area contributed by atoms with E-state index >= 15 is 0 Å². The maximum atomic E-state index is 13.1. The second-order valence-corrected chi connectivity index (χ2v) is 8.24. The molecule has 6 nitrogen and oxygen atoms in total. The number of hydrogen-bond acceptors (Lipinski definition) is 5. The molecule has 0 bridgehead atoms. The van der Waals surface area contributed by atoms with E-state index in [0.717, 1.165) is 49.4 Å². The van der Waals surface area contributed by atoms with Gasteiger partial charge in [-0.3, -0.25) is 0 Å². The highest BCUT2D eigenvalue weighted by Gasteiger charge is 2.22. The normalized spacial score (nSPS) is 15.5. The van der Waals surface area contributed by atoms with Gasteiger partial charge in [0, 0.05) is 26.2 Å². The van der Waals surface area contributed by atoms with Gasteiger partial charge in [-0.1, -0.05) is 25.1 Å². The number of para-hydroxylation sites is 1. The van der Waals surface area contributed by atoms with E-state index in [1.807, 2.05) is 37.3 Å². The molecule has 2 heterocycles. The number of imidazole rings is 1. The van der Waals surface area contributed by atoms with Crippen LogP contribution < -0.4 is 10.2 Å². The van der Waals surface area contributed by atoms with E-state index in [-0.39, 0.29) is 4.90 Å². The van der Waals surface area contributed by atoms with Gasteiger partial charge in [-0.25, -0.2) is 17.4 Å². The summed E-state index contributed by atoms with van der Waals surface area (Å²) in [6.45, 7) is 5.65. The Hall–Kier alpha value is -2.38. The lowest BCUT2D eigenvalue weighted by Gasteiger charge is -2.29. The minimum atomic E-state index is -3.67. The van der Waals surface area contributed by atoms with Crippen LogP contribution in [0.3, 0.4) is 0 Å². The molecule has 0 unspecified atom stereocenters. The van der Waals surface area contributed by atoms with E-state index in [0.29, 0.717) is 5.52 Å². The third kappa shape index (κ3) is 2.87. The van der Waals surface area contributed by atoms with Gasteiger partial charge >= 0.3 is 0 Å². The zero-order chi connectivity index (χ0) is 18.1. The Balaban J connectivity index is 1.79. The predicted octanol–water partition coefficient (Wildman–Crippen LogP) is 2.25. The van der Waals surface area contributed by atoms with Crippen molar-refractivity contribution in [3.05, 3.63) is 54.4 Å². The van der Waals surface area contributed by atoms with Gasteiger partial charge in [-0.2, -0.15) is 0 Å². The van der Waals surface area contributed by atoms with Crippen LogP contribution in [0.4, 0.5) is 5.69 Å². The first-order valence-corrected chi connectivity index (χ1v) is 10.3. The largest absolute Gasteiger partial charge is 0.367 e. The van der Waals surface area contributed by atoms with E-state index in [2.05, 4.69) is 15.2 Å². The summed E-state index contributed by atoms with van der Waals surface area (Å²) in [5, 5.41) is 3.33. The Kier molecular flexibility index (Phi) is 4.42. The Morgan fingerprint density at radius 3 is 2.50 bits per heavy atom. The number of piperazine rings is 1. The van der Waals surface area contributed by atoms with E-state index < -0.39 is 10.0 Å². The van der Waals surface area contributed by atoms with E-state index in [1.165, 1.54) is 10.3 Å². The molecule has 1 aliphatic heterocycles. The van der Waals surface area contributed by atoms with Crippen molar-refractivity contribution in [3.8, 4) is 0 Å². The third-order valence-corrected chi connectivity index (χ3v) is 6.55. The van der Waals surface area contributed by atoms with Gasteiger partial charge in [0.1, 0.15) is 11.8 Å². The van der Waals surface area contributed by atoms with Gasteiger partial charge < -0.3 is 10.2 Å². The summed E-state index contributed by atoms with van der Waals surface area (Å²) in [4.78, 5) is 6.97. The zero-order valence-electron chi connectivity index (χ0n) is 14.7. The van der Waals surface area contributed by atoms with Crippen molar-refractivity contribution in [1.29, 1.82) is 0 Å². The molecule has 1 fully saturated rings. The molecule has 2 aromatic carbocycles. The number of nitrogens with one attached hydrogen (secondary N) is 1. The lowest BCUT2D eigenvalue weighted by Crippen LogP contribution is -2.43. The van der Waals surface area contributed by atoms with Crippen LogP contribution in [0.2, 0.25) is 0 Å². The van der Waals surface area contributed by atoms with Gasteiger partial charge in [0.05, 0.1) is 16.1 Å². The molecule has 3 aromatic rings. The van der Waals surface area contributed by atoms with Gasteiger partial charge in [0.2, 0.25) is 0 Å². The van der Waals surface area contributed by atoms with Crippen LogP contribution in [-0.2, 0) is 16.4 Å². The van der Waals surface area contributed by atoms with Crippen LogP contribution in [0.15, 0.2) is 53.7 Å². The molecule has 1 N–H and O–H groups in total. The number of rotatable bonds is 4. The van der Waals surface area contributed by atoms with E-state index in [4.69, 9.17) is 0 Å². The fraction of sp³-hybridized carbons (Fsp3) is 0.316. The number of anilines is 1. The SMILES string of the molecule is CCc1ccc(S(=O)(=O)n2cnc3c(N4CCNCC4)cccc32)cc1. The monoisotopic (exact) mass is 370 g/mol. The number of hydrogen-bond donors (Lipinski definition) is 1. The number of benzene rings is 2. The summed E-state index contributed by atoms with van der Waals surface area (Å²) in [7, 11) is -3.67. The first-order chi connectivity index (χ1) is 12.6. The highest BCUT2D eigenvalue weighted by atomic mass is 32.2. The minimum absolute atomic E-state index is 0.279. The summed E-state index contributed by atoms with van der Waals surface area (Å²) in [5.41, 5.74) is 3.43. The van der Waals surface area contributed by atoms with E-state index in [1.54, 1.807) is 12.1 Å². The summed E-state index contributed by atoms with van der Waals surface area (Å²) in [6, 6.07) is 12.8. The second kappa shape index (κ2) is 6.74. The lowest BCUT2D eigenvalue weighted by atomic mass is 10.2. The first kappa shape index (κ1) is 17.1. The lowest BCUT2D eigenvalue weighted by molar-refractivity contribution is 0.588. The Morgan fingerprint density at radius 2 is 1.81 bits per heavy atom. The molecule has 136 valence electrons. The van der Waals surface area contributed by atoms with Crippen molar-refractivity contribution in [2.45, 2.75) is 18.2 Å². The van der Waals surface area contributed by atoms with Gasteiger partial charge in [-0.05, 0) is 36.2 Å². The van der Waals surface area contributed by atoms with Crippen molar-refractivity contribution in [3.63, 3.8) is 0 Å². The molecule has 1 aromatic heterocycles. The van der Waals surface area contributed by atoms with Crippen LogP contribution in [0.1, 0.15) is 12.5 Å². The Morgan fingerprint density at radius 1 is 1.08 bits per heavy atom. The fourth-order valence-corrected chi connectivity index (χ4v) is 4.65. The van der Waals surface area contributed by atoms with Crippen molar-refractivity contribution in [2.75, 3.05) is 31.1 Å². The maximum absolute atomic E-state index is 13.1. The molecular weight excluding hydrogens is 348 g/mol. The molecule has 1 aliphatic rings. The van der Waals surface area contributed by atoms with Crippen molar-refractivity contribution >= 4 is 26.7 Å². The second-order valence-electron chi connectivity index (χ2n) is 6.42. The number of aromatic nitrogens is 2. The summed E-state index contributed by atoms with van der Waals surface area (Å²) >= 11 is 0. The van der Waals surface area contributed by atoms with Crippen molar-refractivity contribution < 1.29 is 8.42 Å².